The number of rotatable bonds is 6. The van der Waals surface area contributed by atoms with Crippen LogP contribution in [0.5, 0.6) is 0 Å². The summed E-state index contributed by atoms with van der Waals surface area (Å²) in [4.78, 5) is -0.368. The van der Waals surface area contributed by atoms with Crippen LogP contribution in [-0.2, 0) is 10.0 Å². The lowest BCUT2D eigenvalue weighted by Crippen LogP contribution is -2.39. The zero-order chi connectivity index (χ0) is 16.3. The minimum atomic E-state index is -4.62. The number of sulfonamides is 1. The van der Waals surface area contributed by atoms with Gasteiger partial charge in [0.25, 0.3) is 0 Å². The first-order valence-electron chi connectivity index (χ1n) is 6.20. The van der Waals surface area contributed by atoms with E-state index in [-0.39, 0.29) is 22.2 Å². The zero-order valence-electron chi connectivity index (χ0n) is 11.3. The van der Waals surface area contributed by atoms with Crippen molar-refractivity contribution in [2.24, 2.45) is 0 Å². The van der Waals surface area contributed by atoms with E-state index in [0.29, 0.717) is 17.1 Å². The molecule has 0 heterocycles. The molecule has 0 saturated heterocycles. The van der Waals surface area contributed by atoms with Crippen LogP contribution in [0.25, 0.3) is 0 Å². The fraction of sp³-hybridized carbons (Fsp3) is 0.500. The highest BCUT2D eigenvalue weighted by molar-refractivity contribution is 7.89. The molecule has 0 aliphatic heterocycles. The number of benzene rings is 1. The number of halogens is 4. The van der Waals surface area contributed by atoms with E-state index in [1.165, 1.54) is 12.1 Å². The van der Waals surface area contributed by atoms with Gasteiger partial charge in [0.15, 0.2) is 0 Å². The van der Waals surface area contributed by atoms with Crippen molar-refractivity contribution in [2.45, 2.75) is 30.8 Å². The standard InChI is InChI=1S/C12H16ClF3N2O2S/c1-2-3-6-18(8-12(14,15)16)21(19,20)11-5-4-9(13)7-10(11)17/h4-5,7H,2-3,6,8,17H2,1H3. The SMILES string of the molecule is CCCCN(CC(F)(F)F)S(=O)(=O)c1ccc(Cl)cc1N. The number of nitrogens with two attached hydrogens (primary N) is 1. The summed E-state index contributed by atoms with van der Waals surface area (Å²) in [7, 11) is -4.32. The number of anilines is 1. The second kappa shape index (κ2) is 6.85. The summed E-state index contributed by atoms with van der Waals surface area (Å²) >= 11 is 5.67. The largest absolute Gasteiger partial charge is 0.402 e. The molecule has 9 heteroatoms. The van der Waals surface area contributed by atoms with Crippen LogP contribution in [0.15, 0.2) is 23.1 Å². The van der Waals surface area contributed by atoms with Gasteiger partial charge in [-0.2, -0.15) is 17.5 Å². The predicted molar refractivity (Wildman–Crippen MR) is 75.6 cm³/mol. The van der Waals surface area contributed by atoms with Gasteiger partial charge in [0.1, 0.15) is 11.4 Å². The Balaban J connectivity index is 3.19. The molecule has 0 bridgehead atoms. The molecule has 0 radical (unpaired) electrons. The van der Waals surface area contributed by atoms with Crippen LogP contribution in [-0.4, -0.2) is 32.0 Å². The smallest absolute Gasteiger partial charge is 0.398 e. The summed E-state index contributed by atoms with van der Waals surface area (Å²) in [5.74, 6) is 0. The lowest BCUT2D eigenvalue weighted by atomic mass is 10.3. The maximum atomic E-state index is 12.6. The summed E-state index contributed by atoms with van der Waals surface area (Å²) in [6, 6.07) is 3.58. The van der Waals surface area contributed by atoms with Crippen LogP contribution in [0.2, 0.25) is 5.02 Å². The zero-order valence-corrected chi connectivity index (χ0v) is 12.9. The van der Waals surface area contributed by atoms with Crippen LogP contribution < -0.4 is 5.73 Å². The van der Waals surface area contributed by atoms with E-state index in [2.05, 4.69) is 0 Å². The van der Waals surface area contributed by atoms with Crippen LogP contribution in [0, 0.1) is 0 Å². The third-order valence-electron chi connectivity index (χ3n) is 2.71. The molecule has 120 valence electrons. The molecule has 0 aliphatic rings. The molecule has 1 aromatic rings. The van der Waals surface area contributed by atoms with Gasteiger partial charge in [-0.3, -0.25) is 0 Å². The van der Waals surface area contributed by atoms with E-state index in [1.54, 1.807) is 6.92 Å². The Hall–Kier alpha value is -0.990. The van der Waals surface area contributed by atoms with Crippen molar-refractivity contribution in [3.63, 3.8) is 0 Å². The van der Waals surface area contributed by atoms with Gasteiger partial charge in [-0.25, -0.2) is 8.42 Å². The second-order valence-electron chi connectivity index (χ2n) is 4.49. The van der Waals surface area contributed by atoms with Crippen molar-refractivity contribution >= 4 is 27.3 Å². The summed E-state index contributed by atoms with van der Waals surface area (Å²) in [5.41, 5.74) is 5.39. The highest BCUT2D eigenvalue weighted by atomic mass is 35.5. The molecule has 0 aromatic heterocycles. The van der Waals surface area contributed by atoms with E-state index in [1.807, 2.05) is 0 Å². The van der Waals surface area contributed by atoms with Crippen molar-refractivity contribution in [2.75, 3.05) is 18.8 Å². The number of unbranched alkanes of at least 4 members (excludes halogenated alkanes) is 1. The third kappa shape index (κ3) is 5.05. The van der Waals surface area contributed by atoms with E-state index in [9.17, 15) is 21.6 Å². The Bertz CT molecular complexity index is 591. The molecule has 0 amide bonds. The first-order chi connectivity index (χ1) is 9.58. The Morgan fingerprint density at radius 2 is 1.95 bits per heavy atom. The normalized spacial score (nSPS) is 12.9. The monoisotopic (exact) mass is 344 g/mol. The first kappa shape index (κ1) is 18.1. The summed E-state index contributed by atoms with van der Waals surface area (Å²) in [5, 5.41) is 0.211. The van der Waals surface area contributed by atoms with Gasteiger partial charge in [-0.05, 0) is 24.6 Å². The van der Waals surface area contributed by atoms with Crippen molar-refractivity contribution in [3.05, 3.63) is 23.2 Å². The lowest BCUT2D eigenvalue weighted by molar-refractivity contribution is -0.136. The highest BCUT2D eigenvalue weighted by Gasteiger charge is 2.37. The molecule has 0 unspecified atom stereocenters. The highest BCUT2D eigenvalue weighted by Crippen LogP contribution is 2.28. The number of hydrogen-bond donors (Lipinski definition) is 1. The average Bonchev–Trinajstić information content (AvgIpc) is 2.32. The van der Waals surface area contributed by atoms with Crippen LogP contribution in [0.3, 0.4) is 0 Å². The molecule has 0 aliphatic carbocycles. The summed E-state index contributed by atoms with van der Waals surface area (Å²) in [6.45, 7) is -0.00709. The number of hydrogen-bond acceptors (Lipinski definition) is 3. The van der Waals surface area contributed by atoms with E-state index >= 15 is 0 Å². The molecule has 21 heavy (non-hydrogen) atoms. The fourth-order valence-electron chi connectivity index (χ4n) is 1.71. The molecule has 4 nitrogen and oxygen atoms in total. The Kier molecular flexibility index (Phi) is 5.89. The van der Waals surface area contributed by atoms with Gasteiger partial charge < -0.3 is 5.73 Å². The molecule has 0 saturated carbocycles. The fourth-order valence-corrected chi connectivity index (χ4v) is 3.45. The van der Waals surface area contributed by atoms with Crippen molar-refractivity contribution in [1.29, 1.82) is 0 Å². The van der Waals surface area contributed by atoms with Gasteiger partial charge in [0, 0.05) is 11.6 Å². The minimum absolute atomic E-state index is 0.175. The Morgan fingerprint density at radius 1 is 1.33 bits per heavy atom. The van der Waals surface area contributed by atoms with Gasteiger partial charge in [0.05, 0.1) is 5.69 Å². The maximum absolute atomic E-state index is 12.6. The van der Waals surface area contributed by atoms with Gasteiger partial charge in [0.2, 0.25) is 10.0 Å². The van der Waals surface area contributed by atoms with Crippen molar-refractivity contribution < 1.29 is 21.6 Å². The van der Waals surface area contributed by atoms with Gasteiger partial charge in [-0.1, -0.05) is 24.9 Å². The molecule has 1 aromatic carbocycles. The molecule has 0 atom stereocenters. The predicted octanol–water partition coefficient (Wildman–Crippen LogP) is 3.28. The Labute approximate surface area is 126 Å². The molecule has 0 fully saturated rings. The second-order valence-corrected chi connectivity index (χ2v) is 6.83. The van der Waals surface area contributed by atoms with Crippen molar-refractivity contribution in [3.8, 4) is 0 Å². The quantitative estimate of drug-likeness (QED) is 0.805. The van der Waals surface area contributed by atoms with E-state index < -0.39 is 22.7 Å². The first-order valence-corrected chi connectivity index (χ1v) is 8.01. The minimum Gasteiger partial charge on any atom is -0.398 e. The molecule has 0 spiro atoms. The molecular formula is C12H16ClF3N2O2S. The number of nitrogens with zero attached hydrogens (tertiary/aromatic N) is 1. The third-order valence-corrected chi connectivity index (χ3v) is 4.86. The average molecular weight is 345 g/mol. The van der Waals surface area contributed by atoms with Crippen LogP contribution in [0.4, 0.5) is 18.9 Å². The molecule has 1 rings (SSSR count). The summed E-state index contributed by atoms with van der Waals surface area (Å²) < 4.78 is 62.9. The molecule has 2 N–H and O–H groups in total. The van der Waals surface area contributed by atoms with E-state index in [4.69, 9.17) is 17.3 Å². The topological polar surface area (TPSA) is 63.4 Å². The van der Waals surface area contributed by atoms with Crippen LogP contribution in [0.1, 0.15) is 19.8 Å². The van der Waals surface area contributed by atoms with E-state index in [0.717, 1.165) is 6.07 Å². The number of nitrogen functional groups attached to an aromatic ring is 1. The lowest BCUT2D eigenvalue weighted by Gasteiger charge is -2.24. The van der Waals surface area contributed by atoms with Gasteiger partial charge >= 0.3 is 6.18 Å². The molecular weight excluding hydrogens is 329 g/mol. The maximum Gasteiger partial charge on any atom is 0.402 e. The Morgan fingerprint density at radius 3 is 2.43 bits per heavy atom. The van der Waals surface area contributed by atoms with Gasteiger partial charge in [-0.15, -0.1) is 0 Å². The van der Waals surface area contributed by atoms with Crippen molar-refractivity contribution in [1.82, 2.24) is 4.31 Å². The summed E-state index contributed by atoms with van der Waals surface area (Å²) in [6.07, 6.45) is -3.73. The van der Waals surface area contributed by atoms with Crippen LogP contribution >= 0.6 is 11.6 Å². The number of alkyl halides is 3.